The van der Waals surface area contributed by atoms with E-state index in [-0.39, 0.29) is 18.7 Å². The molecule has 1 aromatic heterocycles. The fourth-order valence-corrected chi connectivity index (χ4v) is 2.62. The number of nitrogens with zero attached hydrogens (tertiary/aromatic N) is 3. The number of ether oxygens (including phenoxy) is 1. The molecule has 1 atom stereocenters. The first-order valence-electron chi connectivity index (χ1n) is 8.15. The second kappa shape index (κ2) is 8.26. The minimum absolute atomic E-state index is 0.0665. The van der Waals surface area contributed by atoms with Crippen LogP contribution >= 0.6 is 0 Å². The standard InChI is InChI=1S/C19H19N3O4/c23-16(10-22-13-20-12-21-22)11-26-17-6-7-18(19(24)25)15(9-17)8-14-4-2-1-3-5-14/h1-7,9,12-13,16,23H,8,10-11H2,(H,24,25). The lowest BCUT2D eigenvalue weighted by molar-refractivity contribution is 0.0695. The molecule has 0 amide bonds. The van der Waals surface area contributed by atoms with E-state index in [9.17, 15) is 15.0 Å². The van der Waals surface area contributed by atoms with E-state index in [0.29, 0.717) is 17.7 Å². The minimum atomic E-state index is -0.978. The van der Waals surface area contributed by atoms with Gasteiger partial charge in [-0.2, -0.15) is 5.10 Å². The number of rotatable bonds is 8. The molecule has 0 radical (unpaired) electrons. The molecular formula is C19H19N3O4. The molecule has 3 rings (SSSR count). The average molecular weight is 353 g/mol. The fourth-order valence-electron chi connectivity index (χ4n) is 2.62. The van der Waals surface area contributed by atoms with Crippen molar-refractivity contribution in [3.8, 4) is 5.75 Å². The van der Waals surface area contributed by atoms with Gasteiger partial charge in [0, 0.05) is 0 Å². The first-order chi connectivity index (χ1) is 12.6. The molecule has 3 aromatic rings. The van der Waals surface area contributed by atoms with Crippen LogP contribution in [0.3, 0.4) is 0 Å². The largest absolute Gasteiger partial charge is 0.491 e. The van der Waals surface area contributed by atoms with Crippen molar-refractivity contribution in [2.75, 3.05) is 6.61 Å². The minimum Gasteiger partial charge on any atom is -0.491 e. The monoisotopic (exact) mass is 353 g/mol. The van der Waals surface area contributed by atoms with Gasteiger partial charge in [0.2, 0.25) is 0 Å². The summed E-state index contributed by atoms with van der Waals surface area (Å²) < 4.78 is 7.14. The van der Waals surface area contributed by atoms with E-state index in [1.807, 2.05) is 30.3 Å². The summed E-state index contributed by atoms with van der Waals surface area (Å²) in [6, 6.07) is 14.5. The van der Waals surface area contributed by atoms with Gasteiger partial charge in [-0.05, 0) is 35.7 Å². The van der Waals surface area contributed by atoms with Crippen LogP contribution < -0.4 is 4.74 Å². The lowest BCUT2D eigenvalue weighted by Gasteiger charge is -2.14. The lowest BCUT2D eigenvalue weighted by Crippen LogP contribution is -2.24. The summed E-state index contributed by atoms with van der Waals surface area (Å²) in [6.45, 7) is 0.334. The van der Waals surface area contributed by atoms with Crippen molar-refractivity contribution in [1.82, 2.24) is 14.8 Å². The Bertz CT molecular complexity index is 850. The Labute approximate surface area is 150 Å². The number of hydrogen-bond acceptors (Lipinski definition) is 5. The van der Waals surface area contributed by atoms with Crippen molar-refractivity contribution in [1.29, 1.82) is 0 Å². The third kappa shape index (κ3) is 4.67. The molecule has 7 heteroatoms. The van der Waals surface area contributed by atoms with Crippen LogP contribution in [-0.2, 0) is 13.0 Å². The third-order valence-corrected chi connectivity index (χ3v) is 3.85. The molecule has 1 heterocycles. The molecule has 0 spiro atoms. The highest BCUT2D eigenvalue weighted by Crippen LogP contribution is 2.21. The Kier molecular flexibility index (Phi) is 5.60. The van der Waals surface area contributed by atoms with E-state index >= 15 is 0 Å². The van der Waals surface area contributed by atoms with Crippen molar-refractivity contribution in [2.45, 2.75) is 19.1 Å². The highest BCUT2D eigenvalue weighted by atomic mass is 16.5. The summed E-state index contributed by atoms with van der Waals surface area (Å²) in [5, 5.41) is 23.3. The first-order valence-corrected chi connectivity index (χ1v) is 8.15. The normalized spacial score (nSPS) is 11.9. The van der Waals surface area contributed by atoms with Gasteiger partial charge in [-0.25, -0.2) is 9.78 Å². The summed E-state index contributed by atoms with van der Waals surface area (Å²) in [4.78, 5) is 15.3. The fraction of sp³-hybridized carbons (Fsp3) is 0.211. The number of hydrogen-bond donors (Lipinski definition) is 2. The van der Waals surface area contributed by atoms with Crippen LogP contribution in [0.25, 0.3) is 0 Å². The highest BCUT2D eigenvalue weighted by molar-refractivity contribution is 5.89. The predicted molar refractivity (Wildman–Crippen MR) is 94.2 cm³/mol. The summed E-state index contributed by atoms with van der Waals surface area (Å²) in [5.74, 6) is -0.465. The second-order valence-electron chi connectivity index (χ2n) is 5.87. The molecule has 0 aliphatic rings. The van der Waals surface area contributed by atoms with Gasteiger partial charge in [-0.15, -0.1) is 0 Å². The molecule has 26 heavy (non-hydrogen) atoms. The maximum absolute atomic E-state index is 11.5. The molecule has 2 aromatic carbocycles. The maximum Gasteiger partial charge on any atom is 0.335 e. The SMILES string of the molecule is O=C(O)c1ccc(OCC(O)Cn2cncn2)cc1Cc1ccccc1. The number of aliphatic hydroxyl groups is 1. The van der Waals surface area contributed by atoms with Crippen molar-refractivity contribution in [2.24, 2.45) is 0 Å². The average Bonchev–Trinajstić information content (AvgIpc) is 3.14. The van der Waals surface area contributed by atoms with E-state index in [1.54, 1.807) is 12.1 Å². The van der Waals surface area contributed by atoms with Gasteiger partial charge in [0.25, 0.3) is 0 Å². The van der Waals surface area contributed by atoms with Gasteiger partial charge in [0.05, 0.1) is 12.1 Å². The van der Waals surface area contributed by atoms with Crippen LogP contribution in [0, 0.1) is 0 Å². The Morgan fingerprint density at radius 2 is 2.00 bits per heavy atom. The van der Waals surface area contributed by atoms with Crippen molar-refractivity contribution in [3.63, 3.8) is 0 Å². The first kappa shape index (κ1) is 17.6. The van der Waals surface area contributed by atoms with Gasteiger partial charge in [0.1, 0.15) is 31.1 Å². The zero-order chi connectivity index (χ0) is 18.4. The van der Waals surface area contributed by atoms with Gasteiger partial charge in [-0.1, -0.05) is 30.3 Å². The van der Waals surface area contributed by atoms with E-state index in [4.69, 9.17) is 4.74 Å². The van der Waals surface area contributed by atoms with Crippen LogP contribution in [0.4, 0.5) is 0 Å². The number of aliphatic hydroxyl groups excluding tert-OH is 1. The van der Waals surface area contributed by atoms with Crippen molar-refractivity contribution in [3.05, 3.63) is 77.9 Å². The molecule has 0 fully saturated rings. The second-order valence-corrected chi connectivity index (χ2v) is 5.87. The molecule has 0 bridgehead atoms. The Balaban J connectivity index is 1.69. The Hall–Kier alpha value is -3.19. The summed E-state index contributed by atoms with van der Waals surface area (Å²) in [5.41, 5.74) is 1.91. The topological polar surface area (TPSA) is 97.5 Å². The van der Waals surface area contributed by atoms with Gasteiger partial charge in [-0.3, -0.25) is 4.68 Å². The van der Waals surface area contributed by atoms with Gasteiger partial charge >= 0.3 is 5.97 Å². The van der Waals surface area contributed by atoms with Crippen molar-refractivity contribution >= 4 is 5.97 Å². The molecular weight excluding hydrogens is 334 g/mol. The number of aromatic nitrogens is 3. The van der Waals surface area contributed by atoms with Crippen molar-refractivity contribution < 1.29 is 19.7 Å². The number of aromatic carboxylic acids is 1. The zero-order valence-corrected chi connectivity index (χ0v) is 14.0. The summed E-state index contributed by atoms with van der Waals surface area (Å²) >= 11 is 0. The quantitative estimate of drug-likeness (QED) is 0.643. The Morgan fingerprint density at radius 1 is 1.19 bits per heavy atom. The lowest BCUT2D eigenvalue weighted by atomic mass is 9.99. The van der Waals surface area contributed by atoms with E-state index in [2.05, 4.69) is 10.1 Å². The number of carboxylic acids is 1. The van der Waals surface area contributed by atoms with Crippen LogP contribution in [0.15, 0.2) is 61.2 Å². The van der Waals surface area contributed by atoms with Crippen LogP contribution in [0.1, 0.15) is 21.5 Å². The Morgan fingerprint density at radius 3 is 2.69 bits per heavy atom. The van der Waals surface area contributed by atoms with E-state index in [1.165, 1.54) is 23.4 Å². The van der Waals surface area contributed by atoms with Gasteiger partial charge in [0.15, 0.2) is 0 Å². The maximum atomic E-state index is 11.5. The molecule has 0 aliphatic heterocycles. The van der Waals surface area contributed by atoms with Crippen LogP contribution in [-0.4, -0.2) is 43.7 Å². The molecule has 1 unspecified atom stereocenters. The summed E-state index contributed by atoms with van der Waals surface area (Å²) in [6.07, 6.45) is 2.64. The molecule has 0 saturated heterocycles. The third-order valence-electron chi connectivity index (χ3n) is 3.85. The number of benzene rings is 2. The highest BCUT2D eigenvalue weighted by Gasteiger charge is 2.13. The molecule has 0 aliphatic carbocycles. The zero-order valence-electron chi connectivity index (χ0n) is 14.0. The molecule has 0 saturated carbocycles. The molecule has 134 valence electrons. The van der Waals surface area contributed by atoms with E-state index in [0.717, 1.165) is 5.56 Å². The van der Waals surface area contributed by atoms with Gasteiger partial charge < -0.3 is 14.9 Å². The smallest absolute Gasteiger partial charge is 0.335 e. The van der Waals surface area contributed by atoms with Crippen LogP contribution in [0.2, 0.25) is 0 Å². The molecule has 2 N–H and O–H groups in total. The predicted octanol–water partition coefficient (Wildman–Crippen LogP) is 2.01. The van der Waals surface area contributed by atoms with E-state index < -0.39 is 12.1 Å². The molecule has 7 nitrogen and oxygen atoms in total. The number of carbonyl (C=O) groups is 1. The van der Waals surface area contributed by atoms with Crippen LogP contribution in [0.5, 0.6) is 5.75 Å². The summed E-state index contributed by atoms with van der Waals surface area (Å²) in [7, 11) is 0. The number of carboxylic acid groups (broad SMARTS) is 1.